The van der Waals surface area contributed by atoms with Gasteiger partial charge in [0.05, 0.1) is 4.90 Å². The summed E-state index contributed by atoms with van der Waals surface area (Å²) in [5.74, 6) is 0.550. The van der Waals surface area contributed by atoms with Gasteiger partial charge >= 0.3 is 0 Å². The Labute approximate surface area is 115 Å². The first-order valence-corrected chi connectivity index (χ1v) is 8.22. The maximum atomic E-state index is 12.6. The minimum Gasteiger partial charge on any atom is -0.326 e. The molecule has 1 aromatic rings. The zero-order valence-electron chi connectivity index (χ0n) is 11.6. The first-order chi connectivity index (χ1) is 8.98. The van der Waals surface area contributed by atoms with E-state index in [2.05, 4.69) is 0 Å². The third-order valence-corrected chi connectivity index (χ3v) is 5.63. The second-order valence-corrected chi connectivity index (χ2v) is 7.13. The van der Waals surface area contributed by atoms with E-state index in [1.165, 1.54) is 0 Å². The highest BCUT2D eigenvalue weighted by atomic mass is 32.2. The average Bonchev–Trinajstić information content (AvgIpc) is 3.20. The molecule has 2 rings (SSSR count). The highest BCUT2D eigenvalue weighted by molar-refractivity contribution is 7.89. The Bertz CT molecular complexity index is 551. The van der Waals surface area contributed by atoms with E-state index in [0.29, 0.717) is 30.4 Å². The van der Waals surface area contributed by atoms with Gasteiger partial charge in [-0.05, 0) is 48.9 Å². The van der Waals surface area contributed by atoms with Crippen molar-refractivity contribution in [2.75, 3.05) is 13.1 Å². The summed E-state index contributed by atoms with van der Waals surface area (Å²) in [5.41, 5.74) is 7.58. The van der Waals surface area contributed by atoms with Crippen LogP contribution in [0.2, 0.25) is 0 Å². The van der Waals surface area contributed by atoms with E-state index in [1.807, 2.05) is 19.9 Å². The summed E-state index contributed by atoms with van der Waals surface area (Å²) in [5, 5.41) is 0. The Hall–Kier alpha value is -0.910. The number of hydrogen-bond donors (Lipinski definition) is 1. The predicted molar refractivity (Wildman–Crippen MR) is 76.2 cm³/mol. The molecule has 1 aromatic carbocycles. The first-order valence-electron chi connectivity index (χ1n) is 6.78. The molecule has 0 saturated heterocycles. The lowest BCUT2D eigenvalue weighted by atomic mass is 10.1. The van der Waals surface area contributed by atoms with Gasteiger partial charge in [-0.1, -0.05) is 13.0 Å². The Morgan fingerprint density at radius 2 is 2.05 bits per heavy atom. The van der Waals surface area contributed by atoms with Gasteiger partial charge < -0.3 is 5.73 Å². The lowest BCUT2D eigenvalue weighted by Crippen LogP contribution is -2.32. The molecule has 0 aliphatic heterocycles. The summed E-state index contributed by atoms with van der Waals surface area (Å²) in [6.45, 7) is 5.36. The summed E-state index contributed by atoms with van der Waals surface area (Å²) in [6.07, 6.45) is 2.29. The molecule has 0 unspecified atom stereocenters. The summed E-state index contributed by atoms with van der Waals surface area (Å²) >= 11 is 0. The number of rotatable bonds is 6. The smallest absolute Gasteiger partial charge is 0.243 e. The minimum atomic E-state index is -3.38. The molecule has 0 amide bonds. The standard InChI is InChI=1S/C14H22N2O2S/c1-3-16(10-12-5-6-12)19(17,18)14-7-4-11(2)13(8-14)9-15/h4,7-8,12H,3,5-6,9-10,15H2,1-2H3. The van der Waals surface area contributed by atoms with Crippen LogP contribution in [-0.4, -0.2) is 25.8 Å². The Morgan fingerprint density at radius 1 is 1.37 bits per heavy atom. The van der Waals surface area contributed by atoms with Crippen molar-refractivity contribution in [2.45, 2.75) is 38.1 Å². The van der Waals surface area contributed by atoms with Gasteiger partial charge in [0.15, 0.2) is 0 Å². The summed E-state index contributed by atoms with van der Waals surface area (Å²) < 4.78 is 26.8. The molecule has 0 spiro atoms. The van der Waals surface area contributed by atoms with E-state index in [0.717, 1.165) is 24.0 Å². The molecule has 0 heterocycles. The van der Waals surface area contributed by atoms with Crippen LogP contribution >= 0.6 is 0 Å². The summed E-state index contributed by atoms with van der Waals surface area (Å²) in [7, 11) is -3.38. The Morgan fingerprint density at radius 3 is 2.58 bits per heavy atom. The molecule has 0 aromatic heterocycles. The normalized spacial score (nSPS) is 16.0. The summed E-state index contributed by atoms with van der Waals surface area (Å²) in [4.78, 5) is 0.362. The fraction of sp³-hybridized carbons (Fsp3) is 0.571. The monoisotopic (exact) mass is 282 g/mol. The van der Waals surface area contributed by atoms with Gasteiger partial charge in [-0.25, -0.2) is 8.42 Å². The molecule has 1 saturated carbocycles. The van der Waals surface area contributed by atoms with Crippen molar-refractivity contribution < 1.29 is 8.42 Å². The zero-order chi connectivity index (χ0) is 14.0. The number of aryl methyl sites for hydroxylation is 1. The van der Waals surface area contributed by atoms with E-state index in [1.54, 1.807) is 16.4 Å². The molecule has 0 bridgehead atoms. The molecule has 5 heteroatoms. The van der Waals surface area contributed by atoms with E-state index < -0.39 is 10.0 Å². The van der Waals surface area contributed by atoms with E-state index >= 15 is 0 Å². The maximum absolute atomic E-state index is 12.6. The second kappa shape index (κ2) is 5.61. The molecule has 19 heavy (non-hydrogen) atoms. The number of sulfonamides is 1. The molecule has 1 aliphatic carbocycles. The molecular weight excluding hydrogens is 260 g/mol. The van der Waals surface area contributed by atoms with Crippen LogP contribution in [0.3, 0.4) is 0 Å². The predicted octanol–water partition coefficient (Wildman–Crippen LogP) is 1.87. The molecule has 106 valence electrons. The average molecular weight is 282 g/mol. The van der Waals surface area contributed by atoms with Gasteiger partial charge in [-0.2, -0.15) is 4.31 Å². The highest BCUT2D eigenvalue weighted by Gasteiger charge is 2.30. The minimum absolute atomic E-state index is 0.362. The molecule has 2 N–H and O–H groups in total. The molecule has 1 aliphatic rings. The third-order valence-electron chi connectivity index (χ3n) is 3.69. The van der Waals surface area contributed by atoms with Crippen LogP contribution in [0.4, 0.5) is 0 Å². The van der Waals surface area contributed by atoms with Crippen molar-refractivity contribution in [1.82, 2.24) is 4.31 Å². The number of nitrogens with zero attached hydrogens (tertiary/aromatic N) is 1. The van der Waals surface area contributed by atoms with Crippen molar-refractivity contribution in [3.8, 4) is 0 Å². The van der Waals surface area contributed by atoms with Crippen LogP contribution in [0.1, 0.15) is 30.9 Å². The topological polar surface area (TPSA) is 63.4 Å². The number of hydrogen-bond acceptors (Lipinski definition) is 3. The second-order valence-electron chi connectivity index (χ2n) is 5.19. The van der Waals surface area contributed by atoms with Crippen molar-refractivity contribution in [3.63, 3.8) is 0 Å². The third kappa shape index (κ3) is 3.16. The fourth-order valence-electron chi connectivity index (χ4n) is 2.16. The van der Waals surface area contributed by atoms with Crippen LogP contribution in [0, 0.1) is 12.8 Å². The highest BCUT2D eigenvalue weighted by Crippen LogP contribution is 2.31. The van der Waals surface area contributed by atoms with Crippen LogP contribution in [0.15, 0.2) is 23.1 Å². The largest absolute Gasteiger partial charge is 0.326 e. The molecular formula is C14H22N2O2S. The van der Waals surface area contributed by atoms with Crippen molar-refractivity contribution in [3.05, 3.63) is 29.3 Å². The van der Waals surface area contributed by atoms with Gasteiger partial charge in [0.25, 0.3) is 0 Å². The van der Waals surface area contributed by atoms with Gasteiger partial charge in [0, 0.05) is 19.6 Å². The first kappa shape index (κ1) is 14.5. The lowest BCUT2D eigenvalue weighted by molar-refractivity contribution is 0.412. The Kier molecular flexibility index (Phi) is 4.28. The van der Waals surface area contributed by atoms with Gasteiger partial charge in [-0.3, -0.25) is 0 Å². The van der Waals surface area contributed by atoms with Crippen molar-refractivity contribution in [1.29, 1.82) is 0 Å². The lowest BCUT2D eigenvalue weighted by Gasteiger charge is -2.21. The molecule has 0 radical (unpaired) electrons. The van der Waals surface area contributed by atoms with Crippen LogP contribution in [-0.2, 0) is 16.6 Å². The number of nitrogens with two attached hydrogens (primary N) is 1. The van der Waals surface area contributed by atoms with Crippen LogP contribution in [0.5, 0.6) is 0 Å². The van der Waals surface area contributed by atoms with Crippen LogP contribution in [0.25, 0.3) is 0 Å². The van der Waals surface area contributed by atoms with Crippen molar-refractivity contribution >= 4 is 10.0 Å². The van der Waals surface area contributed by atoms with E-state index in [-0.39, 0.29) is 0 Å². The quantitative estimate of drug-likeness (QED) is 0.866. The van der Waals surface area contributed by atoms with E-state index in [9.17, 15) is 8.42 Å². The number of benzene rings is 1. The molecule has 0 atom stereocenters. The summed E-state index contributed by atoms with van der Waals surface area (Å²) in [6, 6.07) is 5.22. The van der Waals surface area contributed by atoms with E-state index in [4.69, 9.17) is 5.73 Å². The van der Waals surface area contributed by atoms with Gasteiger partial charge in [0.1, 0.15) is 0 Å². The molecule has 1 fully saturated rings. The molecule has 4 nitrogen and oxygen atoms in total. The van der Waals surface area contributed by atoms with Crippen LogP contribution < -0.4 is 5.73 Å². The SMILES string of the molecule is CCN(CC1CC1)S(=O)(=O)c1ccc(C)c(CN)c1. The zero-order valence-corrected chi connectivity index (χ0v) is 12.4. The van der Waals surface area contributed by atoms with Gasteiger partial charge in [-0.15, -0.1) is 0 Å². The maximum Gasteiger partial charge on any atom is 0.243 e. The fourth-order valence-corrected chi connectivity index (χ4v) is 3.74. The van der Waals surface area contributed by atoms with Gasteiger partial charge in [0.2, 0.25) is 10.0 Å². The Balaban J connectivity index is 2.31. The van der Waals surface area contributed by atoms with Crippen molar-refractivity contribution in [2.24, 2.45) is 11.7 Å².